The number of pyridine rings is 1. The first kappa shape index (κ1) is 15.1. The SMILES string of the molecule is CCCOCCCNC(=O)c1ncccc1C(=O)O. The first-order valence-electron chi connectivity index (χ1n) is 6.21. The van der Waals surface area contributed by atoms with Gasteiger partial charge in [-0.25, -0.2) is 4.79 Å². The van der Waals surface area contributed by atoms with Crippen molar-refractivity contribution < 1.29 is 19.4 Å². The summed E-state index contributed by atoms with van der Waals surface area (Å²) in [7, 11) is 0. The summed E-state index contributed by atoms with van der Waals surface area (Å²) in [6.07, 6.45) is 3.04. The van der Waals surface area contributed by atoms with Crippen molar-refractivity contribution >= 4 is 11.9 Å². The van der Waals surface area contributed by atoms with E-state index < -0.39 is 11.9 Å². The summed E-state index contributed by atoms with van der Waals surface area (Å²) in [4.78, 5) is 26.5. The van der Waals surface area contributed by atoms with Crippen LogP contribution in [0.25, 0.3) is 0 Å². The van der Waals surface area contributed by atoms with Gasteiger partial charge in [-0.1, -0.05) is 6.92 Å². The highest BCUT2D eigenvalue weighted by Crippen LogP contribution is 2.05. The number of carboxylic acids is 1. The Morgan fingerprint density at radius 3 is 2.89 bits per heavy atom. The van der Waals surface area contributed by atoms with Crippen molar-refractivity contribution in [1.82, 2.24) is 10.3 Å². The summed E-state index contributed by atoms with van der Waals surface area (Å²) >= 11 is 0. The Hall–Kier alpha value is -1.95. The largest absolute Gasteiger partial charge is 0.478 e. The van der Waals surface area contributed by atoms with Gasteiger partial charge in [-0.05, 0) is 25.0 Å². The van der Waals surface area contributed by atoms with E-state index in [4.69, 9.17) is 9.84 Å². The van der Waals surface area contributed by atoms with Crippen molar-refractivity contribution in [3.8, 4) is 0 Å². The number of ether oxygens (including phenoxy) is 1. The standard InChI is InChI=1S/C13H18N2O4/c1-2-8-19-9-4-7-15-12(16)11-10(13(17)18)5-3-6-14-11/h3,5-6H,2,4,7-9H2,1H3,(H,15,16)(H,17,18). The van der Waals surface area contributed by atoms with Gasteiger partial charge >= 0.3 is 5.97 Å². The maximum atomic E-state index is 11.8. The molecule has 0 atom stereocenters. The molecule has 2 N–H and O–H groups in total. The summed E-state index contributed by atoms with van der Waals surface area (Å²) in [5.74, 6) is -1.64. The average Bonchev–Trinajstić information content (AvgIpc) is 2.42. The van der Waals surface area contributed by atoms with E-state index in [1.54, 1.807) is 0 Å². The first-order valence-corrected chi connectivity index (χ1v) is 6.21. The van der Waals surface area contributed by atoms with E-state index in [1.165, 1.54) is 18.3 Å². The number of hydrogen-bond donors (Lipinski definition) is 2. The van der Waals surface area contributed by atoms with Crippen LogP contribution < -0.4 is 5.32 Å². The normalized spacial score (nSPS) is 10.2. The third kappa shape index (κ3) is 5.05. The minimum absolute atomic E-state index is 0.0653. The van der Waals surface area contributed by atoms with Crippen molar-refractivity contribution in [3.05, 3.63) is 29.6 Å². The van der Waals surface area contributed by atoms with Crippen LogP contribution in [0.5, 0.6) is 0 Å². The van der Waals surface area contributed by atoms with E-state index in [1.807, 2.05) is 6.92 Å². The summed E-state index contributed by atoms with van der Waals surface area (Å²) in [6.45, 7) is 3.73. The van der Waals surface area contributed by atoms with Crippen LogP contribution in [-0.2, 0) is 4.74 Å². The lowest BCUT2D eigenvalue weighted by molar-refractivity contribution is 0.0689. The van der Waals surface area contributed by atoms with E-state index >= 15 is 0 Å². The van der Waals surface area contributed by atoms with Crippen molar-refractivity contribution in [2.75, 3.05) is 19.8 Å². The number of nitrogens with one attached hydrogen (secondary N) is 1. The number of carbonyl (C=O) groups excluding carboxylic acids is 1. The average molecular weight is 266 g/mol. The summed E-state index contributed by atoms with van der Waals surface area (Å²) in [5, 5.41) is 11.6. The number of carboxylic acid groups (broad SMARTS) is 1. The molecule has 19 heavy (non-hydrogen) atoms. The fourth-order valence-electron chi connectivity index (χ4n) is 1.47. The zero-order valence-electron chi connectivity index (χ0n) is 10.9. The van der Waals surface area contributed by atoms with Crippen LogP contribution >= 0.6 is 0 Å². The quantitative estimate of drug-likeness (QED) is 0.693. The third-order valence-electron chi connectivity index (χ3n) is 2.35. The van der Waals surface area contributed by atoms with Gasteiger partial charge in [0.2, 0.25) is 0 Å². The molecular weight excluding hydrogens is 248 g/mol. The third-order valence-corrected chi connectivity index (χ3v) is 2.35. The fourth-order valence-corrected chi connectivity index (χ4v) is 1.47. The van der Waals surface area contributed by atoms with Gasteiger partial charge in [-0.15, -0.1) is 0 Å². The van der Waals surface area contributed by atoms with Crippen LogP contribution in [0.2, 0.25) is 0 Å². The number of amides is 1. The number of carbonyl (C=O) groups is 2. The zero-order valence-corrected chi connectivity index (χ0v) is 10.9. The highest BCUT2D eigenvalue weighted by Gasteiger charge is 2.16. The minimum Gasteiger partial charge on any atom is -0.478 e. The van der Waals surface area contributed by atoms with Crippen LogP contribution in [0.15, 0.2) is 18.3 Å². The molecule has 1 aromatic heterocycles. The molecule has 6 heteroatoms. The molecule has 0 saturated carbocycles. The van der Waals surface area contributed by atoms with Gasteiger partial charge in [0, 0.05) is 26.0 Å². The number of aromatic nitrogens is 1. The second-order valence-electron chi connectivity index (χ2n) is 3.93. The van der Waals surface area contributed by atoms with Gasteiger partial charge in [-0.3, -0.25) is 9.78 Å². The molecule has 0 spiro atoms. The van der Waals surface area contributed by atoms with Crippen molar-refractivity contribution in [2.24, 2.45) is 0 Å². The van der Waals surface area contributed by atoms with Crippen molar-refractivity contribution in [1.29, 1.82) is 0 Å². The lowest BCUT2D eigenvalue weighted by Gasteiger charge is -2.07. The lowest BCUT2D eigenvalue weighted by Crippen LogP contribution is -2.28. The van der Waals surface area contributed by atoms with E-state index in [2.05, 4.69) is 10.3 Å². The van der Waals surface area contributed by atoms with Gasteiger partial charge in [0.15, 0.2) is 0 Å². The minimum atomic E-state index is -1.16. The maximum absolute atomic E-state index is 11.8. The van der Waals surface area contributed by atoms with E-state index in [0.717, 1.165) is 6.42 Å². The van der Waals surface area contributed by atoms with Crippen LogP contribution in [0.1, 0.15) is 40.6 Å². The highest BCUT2D eigenvalue weighted by atomic mass is 16.5. The first-order chi connectivity index (χ1) is 9.16. The van der Waals surface area contributed by atoms with Gasteiger partial charge in [-0.2, -0.15) is 0 Å². The monoisotopic (exact) mass is 266 g/mol. The Bertz CT molecular complexity index is 434. The predicted octanol–water partition coefficient (Wildman–Crippen LogP) is 1.33. The Labute approximate surface area is 111 Å². The molecule has 1 aromatic rings. The number of aromatic carboxylic acids is 1. The Morgan fingerprint density at radius 2 is 2.21 bits per heavy atom. The molecule has 0 aliphatic carbocycles. The molecule has 0 unspecified atom stereocenters. The van der Waals surface area contributed by atoms with Crippen LogP contribution in [-0.4, -0.2) is 41.7 Å². The Kier molecular flexibility index (Phi) is 6.52. The second kappa shape index (κ2) is 8.20. The van der Waals surface area contributed by atoms with Gasteiger partial charge in [0.25, 0.3) is 5.91 Å². The van der Waals surface area contributed by atoms with Gasteiger partial charge in [0.05, 0.1) is 5.56 Å². The molecule has 1 amide bonds. The van der Waals surface area contributed by atoms with Crippen molar-refractivity contribution in [2.45, 2.75) is 19.8 Å². The smallest absolute Gasteiger partial charge is 0.338 e. The summed E-state index contributed by atoms with van der Waals surface area (Å²) < 4.78 is 5.27. The molecule has 0 fully saturated rings. The van der Waals surface area contributed by atoms with E-state index in [9.17, 15) is 9.59 Å². The molecule has 0 aromatic carbocycles. The predicted molar refractivity (Wildman–Crippen MR) is 69.3 cm³/mol. The molecule has 0 saturated heterocycles. The molecule has 0 aliphatic rings. The number of nitrogens with zero attached hydrogens (tertiary/aromatic N) is 1. The molecule has 0 radical (unpaired) electrons. The Morgan fingerprint density at radius 1 is 1.42 bits per heavy atom. The summed E-state index contributed by atoms with van der Waals surface area (Å²) in [5.41, 5.74) is -0.160. The van der Waals surface area contributed by atoms with Crippen molar-refractivity contribution in [3.63, 3.8) is 0 Å². The highest BCUT2D eigenvalue weighted by molar-refractivity contribution is 6.03. The van der Waals surface area contributed by atoms with Gasteiger partial charge < -0.3 is 15.2 Å². The maximum Gasteiger partial charge on any atom is 0.338 e. The fraction of sp³-hybridized carbons (Fsp3) is 0.462. The number of hydrogen-bond acceptors (Lipinski definition) is 4. The van der Waals surface area contributed by atoms with E-state index in [0.29, 0.717) is 26.2 Å². The topological polar surface area (TPSA) is 88.5 Å². The van der Waals surface area contributed by atoms with Crippen LogP contribution in [0.3, 0.4) is 0 Å². The lowest BCUT2D eigenvalue weighted by atomic mass is 10.2. The van der Waals surface area contributed by atoms with Gasteiger partial charge in [0.1, 0.15) is 5.69 Å². The van der Waals surface area contributed by atoms with Crippen LogP contribution in [0.4, 0.5) is 0 Å². The summed E-state index contributed by atoms with van der Waals surface area (Å²) in [6, 6.07) is 2.84. The molecule has 1 heterocycles. The molecule has 0 bridgehead atoms. The number of rotatable bonds is 8. The molecule has 104 valence electrons. The molecule has 0 aliphatic heterocycles. The molecular formula is C13H18N2O4. The zero-order chi connectivity index (χ0) is 14.1. The van der Waals surface area contributed by atoms with E-state index in [-0.39, 0.29) is 11.3 Å². The Balaban J connectivity index is 2.43. The van der Waals surface area contributed by atoms with Crippen LogP contribution in [0, 0.1) is 0 Å². The second-order valence-corrected chi connectivity index (χ2v) is 3.93. The molecule has 6 nitrogen and oxygen atoms in total. The molecule has 1 rings (SSSR count).